The van der Waals surface area contributed by atoms with Gasteiger partial charge in [-0.05, 0) is 55.0 Å². The van der Waals surface area contributed by atoms with Crippen molar-refractivity contribution in [2.24, 2.45) is 11.7 Å². The fourth-order valence-electron chi connectivity index (χ4n) is 3.33. The summed E-state index contributed by atoms with van der Waals surface area (Å²) >= 11 is 0. The minimum atomic E-state index is -4.66. The van der Waals surface area contributed by atoms with E-state index in [-0.39, 0.29) is 29.7 Å². The fourth-order valence-corrected chi connectivity index (χ4v) is 3.33. The van der Waals surface area contributed by atoms with Crippen molar-refractivity contribution in [3.63, 3.8) is 0 Å². The van der Waals surface area contributed by atoms with Gasteiger partial charge in [0.25, 0.3) is 0 Å². The molecule has 3 rings (SSSR count). The second kappa shape index (κ2) is 10.9. The molecule has 0 aliphatic carbocycles. The Hall–Kier alpha value is -4.02. The van der Waals surface area contributed by atoms with E-state index in [0.29, 0.717) is 17.9 Å². The summed E-state index contributed by atoms with van der Waals surface area (Å²) in [6.45, 7) is 1.91. The van der Waals surface area contributed by atoms with Crippen LogP contribution in [0.25, 0.3) is 0 Å². The molecule has 1 aliphatic heterocycles. The van der Waals surface area contributed by atoms with Gasteiger partial charge in [0, 0.05) is 17.2 Å². The highest BCUT2D eigenvalue weighted by molar-refractivity contribution is 6.04. The maximum Gasteiger partial charge on any atom is 0.419 e. The van der Waals surface area contributed by atoms with Crippen molar-refractivity contribution in [1.29, 1.82) is 5.41 Å². The number of nitrogens with two attached hydrogens (primary N) is 1. The van der Waals surface area contributed by atoms with Gasteiger partial charge in [0.15, 0.2) is 0 Å². The van der Waals surface area contributed by atoms with Gasteiger partial charge in [0.2, 0.25) is 11.8 Å². The predicted octanol–water partition coefficient (Wildman–Crippen LogP) is 3.73. The first-order chi connectivity index (χ1) is 16.5. The first kappa shape index (κ1) is 25.6. The average molecular weight is 490 g/mol. The van der Waals surface area contributed by atoms with Gasteiger partial charge in [-0.15, -0.1) is 0 Å². The molecule has 8 nitrogen and oxygen atoms in total. The van der Waals surface area contributed by atoms with E-state index >= 15 is 0 Å². The monoisotopic (exact) mass is 490 g/mol. The molecule has 0 saturated heterocycles. The SMILES string of the molecule is CC(NC(=O)CC(=O)Nc1ccc(C(=N)N)cc1)c1ccc(OCC2C=COC2)c(C(F)(F)F)c1. The van der Waals surface area contributed by atoms with Gasteiger partial charge >= 0.3 is 6.18 Å². The number of amidine groups is 1. The summed E-state index contributed by atoms with van der Waals surface area (Å²) in [7, 11) is 0. The molecule has 0 aromatic heterocycles. The summed E-state index contributed by atoms with van der Waals surface area (Å²) in [5.74, 6) is -1.82. The van der Waals surface area contributed by atoms with Crippen LogP contribution in [0.5, 0.6) is 5.75 Å². The van der Waals surface area contributed by atoms with Gasteiger partial charge < -0.3 is 25.8 Å². The van der Waals surface area contributed by atoms with Crippen molar-refractivity contribution >= 4 is 23.3 Å². The van der Waals surface area contributed by atoms with E-state index in [9.17, 15) is 22.8 Å². The molecule has 2 aromatic carbocycles. The minimum Gasteiger partial charge on any atom is -0.501 e. The van der Waals surface area contributed by atoms with Crippen molar-refractivity contribution in [2.45, 2.75) is 25.6 Å². The Labute approximate surface area is 199 Å². The maximum absolute atomic E-state index is 13.6. The zero-order chi connectivity index (χ0) is 25.6. The molecule has 2 amide bonds. The number of ether oxygens (including phenoxy) is 2. The van der Waals surface area contributed by atoms with E-state index in [1.54, 1.807) is 18.2 Å². The molecule has 0 bridgehead atoms. The van der Waals surface area contributed by atoms with Crippen LogP contribution < -0.4 is 21.1 Å². The summed E-state index contributed by atoms with van der Waals surface area (Å²) < 4.78 is 51.3. The Morgan fingerprint density at radius 3 is 2.51 bits per heavy atom. The highest BCUT2D eigenvalue weighted by Crippen LogP contribution is 2.38. The molecular weight excluding hydrogens is 465 g/mol. The topological polar surface area (TPSA) is 127 Å². The van der Waals surface area contributed by atoms with Gasteiger partial charge in [0.05, 0.1) is 31.1 Å². The molecule has 0 spiro atoms. The Morgan fingerprint density at radius 2 is 1.91 bits per heavy atom. The van der Waals surface area contributed by atoms with Gasteiger partial charge in [0.1, 0.15) is 18.0 Å². The summed E-state index contributed by atoms with van der Waals surface area (Å²) in [5.41, 5.74) is 5.52. The van der Waals surface area contributed by atoms with Crippen LogP contribution in [0.15, 0.2) is 54.8 Å². The van der Waals surface area contributed by atoms with Crippen molar-refractivity contribution in [3.8, 4) is 5.75 Å². The largest absolute Gasteiger partial charge is 0.501 e. The second-order valence-electron chi connectivity index (χ2n) is 7.99. The number of benzene rings is 2. The molecule has 11 heteroatoms. The van der Waals surface area contributed by atoms with Crippen LogP contribution in [-0.4, -0.2) is 30.9 Å². The standard InChI is InChI=1S/C24H25F3N4O4/c1-14(30-21(32)11-22(33)31-18-5-2-16(3-6-18)23(28)29)17-4-7-20(19(10-17)24(25,26)27)35-13-15-8-9-34-12-15/h2-10,14-15H,11-13H2,1H3,(H3,28,29)(H,30,32)(H,31,33). The number of carbonyl (C=O) groups excluding carboxylic acids is 2. The lowest BCUT2D eigenvalue weighted by molar-refractivity contribution is -0.139. The predicted molar refractivity (Wildman–Crippen MR) is 123 cm³/mol. The second-order valence-corrected chi connectivity index (χ2v) is 7.99. The van der Waals surface area contributed by atoms with Crippen LogP contribution in [0.2, 0.25) is 0 Å². The smallest absolute Gasteiger partial charge is 0.419 e. The third-order valence-corrected chi connectivity index (χ3v) is 5.20. The van der Waals surface area contributed by atoms with Crippen molar-refractivity contribution in [3.05, 3.63) is 71.5 Å². The molecule has 35 heavy (non-hydrogen) atoms. The quantitative estimate of drug-likeness (QED) is 0.242. The number of nitrogens with one attached hydrogen (secondary N) is 3. The molecule has 2 unspecified atom stereocenters. The molecule has 1 aliphatic rings. The Kier molecular flexibility index (Phi) is 8.00. The van der Waals surface area contributed by atoms with E-state index in [1.807, 2.05) is 0 Å². The Morgan fingerprint density at radius 1 is 1.20 bits per heavy atom. The van der Waals surface area contributed by atoms with Gasteiger partial charge in [-0.1, -0.05) is 6.07 Å². The van der Waals surface area contributed by atoms with Crippen LogP contribution >= 0.6 is 0 Å². The van der Waals surface area contributed by atoms with E-state index in [1.165, 1.54) is 37.5 Å². The van der Waals surface area contributed by atoms with Gasteiger partial charge in [-0.25, -0.2) is 0 Å². The number of hydrogen-bond donors (Lipinski definition) is 4. The van der Waals surface area contributed by atoms with Crippen LogP contribution in [0.3, 0.4) is 0 Å². The maximum atomic E-state index is 13.6. The van der Waals surface area contributed by atoms with E-state index in [4.69, 9.17) is 20.6 Å². The first-order valence-electron chi connectivity index (χ1n) is 10.7. The van der Waals surface area contributed by atoms with Crippen LogP contribution in [-0.2, 0) is 20.5 Å². The molecule has 0 fully saturated rings. The summed E-state index contributed by atoms with van der Waals surface area (Å²) in [6, 6.07) is 8.96. The van der Waals surface area contributed by atoms with E-state index in [2.05, 4.69) is 10.6 Å². The van der Waals surface area contributed by atoms with Crippen LogP contribution in [0, 0.1) is 11.3 Å². The number of rotatable bonds is 9. The van der Waals surface area contributed by atoms with Gasteiger partial charge in [-0.2, -0.15) is 13.2 Å². The number of carbonyl (C=O) groups is 2. The zero-order valence-corrected chi connectivity index (χ0v) is 18.8. The summed E-state index contributed by atoms with van der Waals surface area (Å²) in [6.07, 6.45) is -1.98. The fraction of sp³-hybridized carbons (Fsp3) is 0.292. The van der Waals surface area contributed by atoms with Crippen LogP contribution in [0.4, 0.5) is 18.9 Å². The van der Waals surface area contributed by atoms with E-state index in [0.717, 1.165) is 6.07 Å². The minimum absolute atomic E-state index is 0.0395. The first-order valence-corrected chi connectivity index (χ1v) is 10.7. The Balaban J connectivity index is 1.59. The molecule has 186 valence electrons. The number of amides is 2. The molecule has 5 N–H and O–H groups in total. The van der Waals surface area contributed by atoms with Gasteiger partial charge in [-0.3, -0.25) is 15.0 Å². The zero-order valence-electron chi connectivity index (χ0n) is 18.8. The summed E-state index contributed by atoms with van der Waals surface area (Å²) in [4.78, 5) is 24.4. The molecular formula is C24H25F3N4O4. The van der Waals surface area contributed by atoms with Crippen molar-refractivity contribution < 1.29 is 32.2 Å². The van der Waals surface area contributed by atoms with Crippen molar-refractivity contribution in [1.82, 2.24) is 5.32 Å². The third-order valence-electron chi connectivity index (χ3n) is 5.20. The number of nitrogen functional groups attached to an aromatic ring is 1. The molecule has 1 heterocycles. The molecule has 0 saturated carbocycles. The lowest BCUT2D eigenvalue weighted by Crippen LogP contribution is -2.30. The molecule has 2 aromatic rings. The number of hydrogen-bond acceptors (Lipinski definition) is 5. The lowest BCUT2D eigenvalue weighted by Gasteiger charge is -2.19. The summed E-state index contributed by atoms with van der Waals surface area (Å²) in [5, 5.41) is 12.4. The lowest BCUT2D eigenvalue weighted by atomic mass is 10.0. The Bertz CT molecular complexity index is 1120. The number of halogens is 3. The average Bonchev–Trinajstić information content (AvgIpc) is 3.30. The number of alkyl halides is 3. The molecule has 2 atom stereocenters. The highest BCUT2D eigenvalue weighted by atomic mass is 19.4. The third kappa shape index (κ3) is 7.23. The van der Waals surface area contributed by atoms with Crippen molar-refractivity contribution in [2.75, 3.05) is 18.5 Å². The molecule has 0 radical (unpaired) electrons. The normalized spacial score (nSPS) is 15.7. The number of anilines is 1. The van der Waals surface area contributed by atoms with Crippen LogP contribution in [0.1, 0.15) is 36.1 Å². The highest BCUT2D eigenvalue weighted by Gasteiger charge is 2.35. The van der Waals surface area contributed by atoms with E-state index < -0.39 is 36.0 Å².